The second kappa shape index (κ2) is 7.76. The molecule has 0 unspecified atom stereocenters. The summed E-state index contributed by atoms with van der Waals surface area (Å²) in [5.74, 6) is 5.59. The molecule has 0 fully saturated rings. The quantitative estimate of drug-likeness (QED) is 0.531. The van der Waals surface area contributed by atoms with Crippen molar-refractivity contribution in [2.45, 2.75) is 19.8 Å². The van der Waals surface area contributed by atoms with Crippen molar-refractivity contribution in [3.63, 3.8) is 0 Å². The number of nitro groups is 1. The van der Waals surface area contributed by atoms with Gasteiger partial charge in [0.05, 0.1) is 10.5 Å². The highest BCUT2D eigenvalue weighted by Gasteiger charge is 2.18. The zero-order chi connectivity index (χ0) is 16.7. The molecule has 1 N–H and O–H groups in total. The van der Waals surface area contributed by atoms with Crippen molar-refractivity contribution in [3.05, 3.63) is 69.8 Å². The largest absolute Gasteiger partial charge is 0.319 e. The minimum Gasteiger partial charge on any atom is -0.319 e. The Kier molecular flexibility index (Phi) is 5.48. The van der Waals surface area contributed by atoms with E-state index >= 15 is 0 Å². The second-order valence-electron chi connectivity index (χ2n) is 4.87. The van der Waals surface area contributed by atoms with Crippen LogP contribution in [0.3, 0.4) is 0 Å². The summed E-state index contributed by atoms with van der Waals surface area (Å²) in [5.41, 5.74) is 1.21. The molecule has 5 heteroatoms. The molecule has 2 aromatic carbocycles. The van der Waals surface area contributed by atoms with Crippen LogP contribution >= 0.6 is 0 Å². The average Bonchev–Trinajstić information content (AvgIpc) is 2.54. The number of para-hydroxylation sites is 1. The van der Waals surface area contributed by atoms with E-state index in [4.69, 9.17) is 0 Å². The Labute approximate surface area is 134 Å². The Hall–Kier alpha value is -3.13. The molecule has 0 spiro atoms. The Balaban J connectivity index is 2.42. The maximum Gasteiger partial charge on any atom is 0.294 e. The molecule has 0 radical (unpaired) electrons. The van der Waals surface area contributed by atoms with Gasteiger partial charge in [0, 0.05) is 18.1 Å². The maximum atomic E-state index is 11.8. The molecule has 2 rings (SSSR count). The summed E-state index contributed by atoms with van der Waals surface area (Å²) in [6.45, 7) is 1.87. The molecule has 0 aliphatic heterocycles. The molecule has 5 nitrogen and oxygen atoms in total. The zero-order valence-corrected chi connectivity index (χ0v) is 12.7. The molecule has 23 heavy (non-hydrogen) atoms. The van der Waals surface area contributed by atoms with Gasteiger partial charge in [-0.1, -0.05) is 43.0 Å². The van der Waals surface area contributed by atoms with Crippen LogP contribution in [0.1, 0.15) is 30.9 Å². The van der Waals surface area contributed by atoms with E-state index in [0.717, 1.165) is 5.56 Å². The molecule has 1 amide bonds. The predicted molar refractivity (Wildman–Crippen MR) is 89.1 cm³/mol. The molecular formula is C18H16N2O3. The van der Waals surface area contributed by atoms with Gasteiger partial charge in [0.25, 0.3) is 5.69 Å². The summed E-state index contributed by atoms with van der Waals surface area (Å²) in [7, 11) is 0. The highest BCUT2D eigenvalue weighted by atomic mass is 16.6. The van der Waals surface area contributed by atoms with Crippen molar-refractivity contribution in [3.8, 4) is 11.8 Å². The Morgan fingerprint density at radius 3 is 2.52 bits per heavy atom. The Morgan fingerprint density at radius 1 is 1.13 bits per heavy atom. The van der Waals surface area contributed by atoms with Gasteiger partial charge in [-0.15, -0.1) is 0 Å². The van der Waals surface area contributed by atoms with Crippen molar-refractivity contribution >= 4 is 17.3 Å². The number of anilines is 1. The number of nitrogens with one attached hydrogen (secondary N) is 1. The van der Waals surface area contributed by atoms with Crippen LogP contribution in [0.2, 0.25) is 0 Å². The average molecular weight is 308 g/mol. The highest BCUT2D eigenvalue weighted by Crippen LogP contribution is 2.28. The van der Waals surface area contributed by atoms with Gasteiger partial charge in [0.2, 0.25) is 5.91 Å². The summed E-state index contributed by atoms with van der Waals surface area (Å²) in [4.78, 5) is 22.5. The van der Waals surface area contributed by atoms with Gasteiger partial charge >= 0.3 is 0 Å². The van der Waals surface area contributed by atoms with E-state index in [1.807, 2.05) is 37.3 Å². The first kappa shape index (κ1) is 16.2. The van der Waals surface area contributed by atoms with Crippen molar-refractivity contribution in [1.82, 2.24) is 0 Å². The molecule has 0 atom stereocenters. The summed E-state index contributed by atoms with van der Waals surface area (Å²) in [6, 6.07) is 13.9. The Morgan fingerprint density at radius 2 is 1.87 bits per heavy atom. The molecule has 0 bridgehead atoms. The van der Waals surface area contributed by atoms with Gasteiger partial charge in [-0.05, 0) is 24.6 Å². The summed E-state index contributed by atoms with van der Waals surface area (Å²) < 4.78 is 0. The lowest BCUT2D eigenvalue weighted by molar-refractivity contribution is -0.383. The first-order valence-corrected chi connectivity index (χ1v) is 7.26. The number of benzene rings is 2. The SMILES string of the molecule is CCCC(=O)Nc1c(C#Cc2ccccc2)cccc1[N+](=O)[O-]. The van der Waals surface area contributed by atoms with Crippen LogP contribution in [0, 0.1) is 22.0 Å². The molecule has 0 aliphatic carbocycles. The molecular weight excluding hydrogens is 292 g/mol. The van der Waals surface area contributed by atoms with Crippen LogP contribution in [-0.4, -0.2) is 10.8 Å². The van der Waals surface area contributed by atoms with Crippen LogP contribution in [0.15, 0.2) is 48.5 Å². The van der Waals surface area contributed by atoms with Crippen LogP contribution in [0.5, 0.6) is 0 Å². The van der Waals surface area contributed by atoms with Crippen molar-refractivity contribution in [2.24, 2.45) is 0 Å². The summed E-state index contributed by atoms with van der Waals surface area (Å²) >= 11 is 0. The standard InChI is InChI=1S/C18H16N2O3/c1-2-7-17(21)19-18-15(10-6-11-16(18)20(22)23)13-12-14-8-4-3-5-9-14/h3-6,8-11H,2,7H2,1H3,(H,19,21). The van der Waals surface area contributed by atoms with E-state index in [-0.39, 0.29) is 17.3 Å². The van der Waals surface area contributed by atoms with Gasteiger partial charge < -0.3 is 5.32 Å². The van der Waals surface area contributed by atoms with Gasteiger partial charge in [-0.25, -0.2) is 0 Å². The number of nitro benzene ring substituents is 1. The molecule has 0 heterocycles. The second-order valence-corrected chi connectivity index (χ2v) is 4.87. The van der Waals surface area contributed by atoms with Crippen LogP contribution in [0.25, 0.3) is 0 Å². The Bertz CT molecular complexity index is 774. The minimum atomic E-state index is -0.519. The fraction of sp³-hybridized carbons (Fsp3) is 0.167. The van der Waals surface area contributed by atoms with E-state index in [1.165, 1.54) is 6.07 Å². The lowest BCUT2D eigenvalue weighted by Crippen LogP contribution is -2.13. The maximum absolute atomic E-state index is 11.8. The van der Waals surface area contributed by atoms with E-state index in [0.29, 0.717) is 18.4 Å². The van der Waals surface area contributed by atoms with Crippen LogP contribution in [-0.2, 0) is 4.79 Å². The highest BCUT2D eigenvalue weighted by molar-refractivity contribution is 5.95. The summed E-state index contributed by atoms with van der Waals surface area (Å²) in [6.07, 6.45) is 0.967. The van der Waals surface area contributed by atoms with E-state index in [1.54, 1.807) is 12.1 Å². The number of hydrogen-bond acceptors (Lipinski definition) is 3. The number of nitrogens with zero attached hydrogens (tertiary/aromatic N) is 1. The van der Waals surface area contributed by atoms with E-state index in [2.05, 4.69) is 17.2 Å². The number of carbonyl (C=O) groups excluding carboxylic acids is 1. The normalized spacial score (nSPS) is 9.61. The smallest absolute Gasteiger partial charge is 0.294 e. The van der Waals surface area contributed by atoms with Gasteiger partial charge in [0.15, 0.2) is 0 Å². The third-order valence-electron chi connectivity index (χ3n) is 3.10. The van der Waals surface area contributed by atoms with Crippen molar-refractivity contribution in [2.75, 3.05) is 5.32 Å². The molecule has 0 aromatic heterocycles. The number of carbonyl (C=O) groups is 1. The minimum absolute atomic E-state index is 0.152. The molecule has 0 saturated carbocycles. The van der Waals surface area contributed by atoms with Gasteiger partial charge in [0.1, 0.15) is 5.69 Å². The third kappa shape index (κ3) is 4.42. The van der Waals surface area contributed by atoms with Crippen molar-refractivity contribution in [1.29, 1.82) is 0 Å². The lowest BCUT2D eigenvalue weighted by Gasteiger charge is -2.07. The lowest BCUT2D eigenvalue weighted by atomic mass is 10.1. The van der Waals surface area contributed by atoms with Gasteiger partial charge in [-0.3, -0.25) is 14.9 Å². The molecule has 116 valence electrons. The third-order valence-corrected chi connectivity index (χ3v) is 3.10. The molecule has 2 aromatic rings. The van der Waals surface area contributed by atoms with Crippen LogP contribution < -0.4 is 5.32 Å². The number of hydrogen-bond donors (Lipinski definition) is 1. The summed E-state index contributed by atoms with van der Waals surface area (Å²) in [5, 5.41) is 13.8. The van der Waals surface area contributed by atoms with Crippen molar-refractivity contribution < 1.29 is 9.72 Å². The van der Waals surface area contributed by atoms with E-state index < -0.39 is 4.92 Å². The topological polar surface area (TPSA) is 72.2 Å². The zero-order valence-electron chi connectivity index (χ0n) is 12.7. The number of amides is 1. The monoisotopic (exact) mass is 308 g/mol. The van der Waals surface area contributed by atoms with Gasteiger partial charge in [-0.2, -0.15) is 0 Å². The number of rotatable bonds is 4. The molecule has 0 saturated heterocycles. The molecule has 0 aliphatic rings. The predicted octanol–water partition coefficient (Wildman–Crippen LogP) is 3.73. The first-order chi connectivity index (χ1) is 11.1. The first-order valence-electron chi connectivity index (χ1n) is 7.26. The fourth-order valence-corrected chi connectivity index (χ4v) is 2.02. The van der Waals surface area contributed by atoms with E-state index in [9.17, 15) is 14.9 Å². The fourth-order valence-electron chi connectivity index (χ4n) is 2.02. The van der Waals surface area contributed by atoms with Crippen LogP contribution in [0.4, 0.5) is 11.4 Å².